The number of aromatic nitrogens is 3. The van der Waals surface area contributed by atoms with Crippen LogP contribution in [0.15, 0.2) is 24.7 Å². The summed E-state index contributed by atoms with van der Waals surface area (Å²) < 4.78 is 7.56. The molecule has 2 aromatic heterocycles. The lowest BCUT2D eigenvalue weighted by atomic mass is 10.1. The smallest absolute Gasteiger partial charge is 0.410 e. The van der Waals surface area contributed by atoms with E-state index in [4.69, 9.17) is 4.74 Å². The Morgan fingerprint density at radius 3 is 2.68 bits per heavy atom. The fraction of sp³-hybridized carbons (Fsp3) is 0.562. The Labute approximate surface area is 130 Å². The first-order valence-corrected chi connectivity index (χ1v) is 7.69. The van der Waals surface area contributed by atoms with Crippen molar-refractivity contribution in [1.82, 2.24) is 19.4 Å². The molecular weight excluding hydrogens is 280 g/mol. The molecule has 22 heavy (non-hydrogen) atoms. The van der Waals surface area contributed by atoms with Crippen LogP contribution in [0, 0.1) is 0 Å². The van der Waals surface area contributed by atoms with Gasteiger partial charge in [-0.25, -0.2) is 14.8 Å². The number of hydrogen-bond donors (Lipinski definition) is 0. The Bertz CT molecular complexity index is 666. The highest BCUT2D eigenvalue weighted by atomic mass is 16.6. The highest BCUT2D eigenvalue weighted by Crippen LogP contribution is 2.26. The minimum absolute atomic E-state index is 0.223. The average molecular weight is 302 g/mol. The van der Waals surface area contributed by atoms with E-state index >= 15 is 0 Å². The van der Waals surface area contributed by atoms with E-state index in [9.17, 15) is 4.79 Å². The van der Waals surface area contributed by atoms with Crippen LogP contribution in [0.4, 0.5) is 4.79 Å². The molecule has 0 N–H and O–H groups in total. The summed E-state index contributed by atoms with van der Waals surface area (Å²) in [5.41, 5.74) is 1.38. The highest BCUT2D eigenvalue weighted by molar-refractivity contribution is 5.70. The molecule has 1 saturated heterocycles. The first-order valence-electron chi connectivity index (χ1n) is 7.69. The predicted octanol–water partition coefficient (Wildman–Crippen LogP) is 3.00. The number of fused-ring (bicyclic) bond motifs is 1. The van der Waals surface area contributed by atoms with Crippen molar-refractivity contribution < 1.29 is 9.53 Å². The average Bonchev–Trinajstić information content (AvgIpc) is 2.89. The fourth-order valence-electron chi connectivity index (χ4n) is 2.79. The third kappa shape index (κ3) is 3.05. The second-order valence-corrected chi connectivity index (χ2v) is 6.70. The van der Waals surface area contributed by atoms with Gasteiger partial charge in [-0.3, -0.25) is 0 Å². The van der Waals surface area contributed by atoms with Gasteiger partial charge in [-0.15, -0.1) is 0 Å². The van der Waals surface area contributed by atoms with E-state index in [0.29, 0.717) is 19.1 Å². The number of carbonyl (C=O) groups is 1. The monoisotopic (exact) mass is 302 g/mol. The summed E-state index contributed by atoms with van der Waals surface area (Å²) in [7, 11) is 0. The largest absolute Gasteiger partial charge is 0.444 e. The number of nitrogens with zero attached hydrogens (tertiary/aromatic N) is 4. The number of amides is 1. The van der Waals surface area contributed by atoms with E-state index < -0.39 is 5.60 Å². The second-order valence-electron chi connectivity index (χ2n) is 6.70. The summed E-state index contributed by atoms with van der Waals surface area (Å²) in [6, 6.07) is 4.19. The standard InChI is InChI=1S/C16H22N4O2/c1-16(2,3)22-15(21)19-9-6-12(7-10-19)20-11-18-13-5-4-8-17-14(13)20/h4-5,8,11-12H,6-7,9-10H2,1-3H3. The normalized spacial score (nSPS) is 17.0. The van der Waals surface area contributed by atoms with Gasteiger partial charge in [0.05, 0.1) is 6.33 Å². The van der Waals surface area contributed by atoms with Crippen LogP contribution in [-0.2, 0) is 4.74 Å². The Balaban J connectivity index is 1.66. The van der Waals surface area contributed by atoms with E-state index in [1.54, 1.807) is 11.1 Å². The molecule has 1 fully saturated rings. The number of imidazole rings is 1. The summed E-state index contributed by atoms with van der Waals surface area (Å²) in [5.74, 6) is 0. The third-order valence-corrected chi connectivity index (χ3v) is 3.84. The van der Waals surface area contributed by atoms with E-state index in [0.717, 1.165) is 24.0 Å². The van der Waals surface area contributed by atoms with Crippen LogP contribution < -0.4 is 0 Å². The molecule has 1 aliphatic rings. The van der Waals surface area contributed by atoms with Crippen LogP contribution in [0.2, 0.25) is 0 Å². The fourth-order valence-corrected chi connectivity index (χ4v) is 2.79. The molecule has 0 aromatic carbocycles. The van der Waals surface area contributed by atoms with Gasteiger partial charge < -0.3 is 14.2 Å². The summed E-state index contributed by atoms with van der Waals surface area (Å²) in [4.78, 5) is 22.7. The summed E-state index contributed by atoms with van der Waals surface area (Å²) in [6.45, 7) is 7.07. The van der Waals surface area contributed by atoms with Crippen molar-refractivity contribution in [2.45, 2.75) is 45.3 Å². The minimum Gasteiger partial charge on any atom is -0.444 e. The van der Waals surface area contributed by atoms with Crippen LogP contribution in [0.1, 0.15) is 39.7 Å². The number of piperidine rings is 1. The molecule has 0 saturated carbocycles. The number of carbonyl (C=O) groups excluding carboxylic acids is 1. The van der Waals surface area contributed by atoms with Crippen molar-refractivity contribution >= 4 is 17.3 Å². The molecule has 1 amide bonds. The molecule has 6 nitrogen and oxygen atoms in total. The molecule has 3 heterocycles. The maximum atomic E-state index is 12.1. The van der Waals surface area contributed by atoms with Gasteiger partial charge in [0.1, 0.15) is 11.1 Å². The summed E-state index contributed by atoms with van der Waals surface area (Å²) in [5, 5.41) is 0. The van der Waals surface area contributed by atoms with E-state index in [1.165, 1.54) is 0 Å². The predicted molar refractivity (Wildman–Crippen MR) is 83.6 cm³/mol. The van der Waals surface area contributed by atoms with Crippen LogP contribution in [-0.4, -0.2) is 44.2 Å². The minimum atomic E-state index is -0.446. The van der Waals surface area contributed by atoms with Crippen molar-refractivity contribution in [2.75, 3.05) is 13.1 Å². The van der Waals surface area contributed by atoms with Gasteiger partial charge >= 0.3 is 6.09 Å². The van der Waals surface area contributed by atoms with Gasteiger partial charge in [-0.05, 0) is 45.7 Å². The molecule has 1 aliphatic heterocycles. The number of pyridine rings is 1. The molecular formula is C16H22N4O2. The third-order valence-electron chi connectivity index (χ3n) is 3.84. The highest BCUT2D eigenvalue weighted by Gasteiger charge is 2.28. The van der Waals surface area contributed by atoms with E-state index in [2.05, 4.69) is 14.5 Å². The summed E-state index contributed by atoms with van der Waals surface area (Å²) >= 11 is 0. The number of ether oxygens (including phenoxy) is 1. The molecule has 0 aliphatic carbocycles. The lowest BCUT2D eigenvalue weighted by molar-refractivity contribution is 0.0189. The molecule has 0 radical (unpaired) electrons. The maximum absolute atomic E-state index is 12.1. The number of likely N-dealkylation sites (tertiary alicyclic amines) is 1. The lowest BCUT2D eigenvalue weighted by Gasteiger charge is -2.33. The zero-order chi connectivity index (χ0) is 15.7. The second kappa shape index (κ2) is 5.59. The van der Waals surface area contributed by atoms with Crippen molar-refractivity contribution in [1.29, 1.82) is 0 Å². The Morgan fingerprint density at radius 1 is 1.27 bits per heavy atom. The van der Waals surface area contributed by atoms with Crippen LogP contribution >= 0.6 is 0 Å². The zero-order valence-electron chi connectivity index (χ0n) is 13.3. The molecule has 3 rings (SSSR count). The van der Waals surface area contributed by atoms with E-state index in [1.807, 2.05) is 39.2 Å². The Kier molecular flexibility index (Phi) is 3.76. The van der Waals surface area contributed by atoms with Gasteiger partial charge in [-0.1, -0.05) is 0 Å². The molecule has 0 unspecified atom stereocenters. The van der Waals surface area contributed by atoms with Gasteiger partial charge in [0.15, 0.2) is 5.65 Å². The van der Waals surface area contributed by atoms with Crippen molar-refractivity contribution in [3.05, 3.63) is 24.7 Å². The molecule has 118 valence electrons. The molecule has 0 bridgehead atoms. The Hall–Kier alpha value is -2.11. The molecule has 0 atom stereocenters. The quantitative estimate of drug-likeness (QED) is 0.812. The van der Waals surface area contributed by atoms with Gasteiger partial charge in [0.2, 0.25) is 0 Å². The zero-order valence-corrected chi connectivity index (χ0v) is 13.3. The summed E-state index contributed by atoms with van der Waals surface area (Å²) in [6.07, 6.45) is 5.20. The SMILES string of the molecule is CC(C)(C)OC(=O)N1CCC(n2cnc3cccnc32)CC1. The van der Waals surface area contributed by atoms with Crippen molar-refractivity contribution in [3.8, 4) is 0 Å². The number of hydrogen-bond acceptors (Lipinski definition) is 4. The Morgan fingerprint density at radius 2 is 2.00 bits per heavy atom. The van der Waals surface area contributed by atoms with E-state index in [-0.39, 0.29) is 6.09 Å². The van der Waals surface area contributed by atoms with Crippen LogP contribution in [0.3, 0.4) is 0 Å². The van der Waals surface area contributed by atoms with Crippen molar-refractivity contribution in [2.24, 2.45) is 0 Å². The first-order chi connectivity index (χ1) is 10.4. The lowest BCUT2D eigenvalue weighted by Crippen LogP contribution is -2.42. The maximum Gasteiger partial charge on any atom is 0.410 e. The van der Waals surface area contributed by atoms with Gasteiger partial charge in [-0.2, -0.15) is 0 Å². The van der Waals surface area contributed by atoms with Crippen LogP contribution in [0.25, 0.3) is 11.2 Å². The number of rotatable bonds is 1. The van der Waals surface area contributed by atoms with Gasteiger partial charge in [0, 0.05) is 25.3 Å². The molecule has 2 aromatic rings. The molecule has 6 heteroatoms. The van der Waals surface area contributed by atoms with Crippen molar-refractivity contribution in [3.63, 3.8) is 0 Å². The van der Waals surface area contributed by atoms with Gasteiger partial charge in [0.25, 0.3) is 0 Å². The topological polar surface area (TPSA) is 60.2 Å². The molecule has 0 spiro atoms. The first kappa shape index (κ1) is 14.8. The van der Waals surface area contributed by atoms with Crippen LogP contribution in [0.5, 0.6) is 0 Å².